The Labute approximate surface area is 130 Å². The van der Waals surface area contributed by atoms with Crippen molar-refractivity contribution < 1.29 is 4.79 Å². The number of aryl methyl sites for hydroxylation is 1. The van der Waals surface area contributed by atoms with Crippen LogP contribution in [0.1, 0.15) is 11.1 Å². The van der Waals surface area contributed by atoms with E-state index in [1.165, 1.54) is 0 Å². The van der Waals surface area contributed by atoms with Crippen LogP contribution in [-0.2, 0) is 0 Å². The first-order valence-electron chi connectivity index (χ1n) is 6.13. The molecule has 0 aliphatic carbocycles. The van der Waals surface area contributed by atoms with Crippen molar-refractivity contribution in [3.8, 4) is 6.07 Å². The summed E-state index contributed by atoms with van der Waals surface area (Å²) in [4.78, 5) is 12.0. The van der Waals surface area contributed by atoms with Crippen molar-refractivity contribution >= 4 is 39.0 Å². The summed E-state index contributed by atoms with van der Waals surface area (Å²) in [5, 5.41) is 14.2. The van der Waals surface area contributed by atoms with E-state index in [0.717, 1.165) is 5.56 Å². The van der Waals surface area contributed by atoms with Crippen molar-refractivity contribution in [3.05, 3.63) is 52.0 Å². The molecule has 2 aromatic carbocycles. The van der Waals surface area contributed by atoms with E-state index in [1.54, 1.807) is 30.3 Å². The molecule has 0 aliphatic heterocycles. The zero-order valence-corrected chi connectivity index (χ0v) is 12.9. The summed E-state index contributed by atoms with van der Waals surface area (Å²) in [6.07, 6.45) is 0. The van der Waals surface area contributed by atoms with Crippen molar-refractivity contribution in [2.24, 2.45) is 0 Å². The van der Waals surface area contributed by atoms with Crippen LogP contribution in [0.5, 0.6) is 0 Å². The van der Waals surface area contributed by atoms with E-state index >= 15 is 0 Å². The fraction of sp³-hybridized carbons (Fsp3) is 0.0667. The first-order chi connectivity index (χ1) is 9.99. The summed E-state index contributed by atoms with van der Waals surface area (Å²) in [6, 6.07) is 11.9. The number of nitrogens with two attached hydrogens (primary N) is 1. The second-order valence-electron chi connectivity index (χ2n) is 4.48. The summed E-state index contributed by atoms with van der Waals surface area (Å²) in [7, 11) is 0. The number of nitriles is 1. The SMILES string of the molecule is Cc1cc(N)c(NC(=O)Nc2cccc(C#N)c2)c(Br)c1. The van der Waals surface area contributed by atoms with Crippen LogP contribution < -0.4 is 16.4 Å². The third kappa shape index (κ3) is 3.74. The van der Waals surface area contributed by atoms with Gasteiger partial charge in [0.2, 0.25) is 0 Å². The molecule has 106 valence electrons. The van der Waals surface area contributed by atoms with Crippen LogP contribution in [0.2, 0.25) is 0 Å². The van der Waals surface area contributed by atoms with Gasteiger partial charge in [-0.1, -0.05) is 6.07 Å². The average molecular weight is 345 g/mol. The van der Waals surface area contributed by atoms with Crippen molar-refractivity contribution in [1.29, 1.82) is 5.26 Å². The number of amides is 2. The number of anilines is 3. The third-order valence-electron chi connectivity index (χ3n) is 2.75. The minimum absolute atomic E-state index is 0.429. The topological polar surface area (TPSA) is 90.9 Å². The fourth-order valence-corrected chi connectivity index (χ4v) is 2.53. The molecule has 5 nitrogen and oxygen atoms in total. The maximum absolute atomic E-state index is 12.0. The molecule has 0 bridgehead atoms. The number of carbonyl (C=O) groups excluding carboxylic acids is 1. The maximum Gasteiger partial charge on any atom is 0.323 e. The van der Waals surface area contributed by atoms with E-state index in [2.05, 4.69) is 26.6 Å². The van der Waals surface area contributed by atoms with Crippen molar-refractivity contribution in [1.82, 2.24) is 0 Å². The number of hydrogen-bond donors (Lipinski definition) is 3. The van der Waals surface area contributed by atoms with Crippen LogP contribution in [0.25, 0.3) is 0 Å². The smallest absolute Gasteiger partial charge is 0.323 e. The second-order valence-corrected chi connectivity index (χ2v) is 5.34. The molecule has 6 heteroatoms. The number of nitrogens with zero attached hydrogens (tertiary/aromatic N) is 1. The summed E-state index contributed by atoms with van der Waals surface area (Å²) < 4.78 is 0.709. The van der Waals surface area contributed by atoms with Crippen LogP contribution in [-0.4, -0.2) is 6.03 Å². The Morgan fingerprint density at radius 2 is 2.05 bits per heavy atom. The number of hydrogen-bond acceptors (Lipinski definition) is 3. The molecule has 0 fully saturated rings. The molecule has 0 spiro atoms. The Morgan fingerprint density at radius 1 is 1.29 bits per heavy atom. The molecule has 0 radical (unpaired) electrons. The average Bonchev–Trinajstić information content (AvgIpc) is 2.43. The fourth-order valence-electron chi connectivity index (χ4n) is 1.84. The molecule has 2 aromatic rings. The molecule has 0 aromatic heterocycles. The summed E-state index contributed by atoms with van der Waals surface area (Å²) >= 11 is 3.37. The van der Waals surface area contributed by atoms with E-state index < -0.39 is 6.03 Å². The number of halogens is 1. The quantitative estimate of drug-likeness (QED) is 0.722. The molecule has 21 heavy (non-hydrogen) atoms. The number of nitrogens with one attached hydrogen (secondary N) is 2. The minimum Gasteiger partial charge on any atom is -0.397 e. The molecule has 0 atom stereocenters. The highest BCUT2D eigenvalue weighted by Gasteiger charge is 2.10. The largest absolute Gasteiger partial charge is 0.397 e. The van der Waals surface area contributed by atoms with Gasteiger partial charge in [0, 0.05) is 10.2 Å². The number of rotatable bonds is 2. The van der Waals surface area contributed by atoms with E-state index in [0.29, 0.717) is 27.1 Å². The Morgan fingerprint density at radius 3 is 2.71 bits per heavy atom. The Kier molecular flexibility index (Phi) is 4.45. The van der Waals surface area contributed by atoms with E-state index in [4.69, 9.17) is 11.0 Å². The van der Waals surface area contributed by atoms with Gasteiger partial charge in [0.1, 0.15) is 0 Å². The molecular formula is C15H13BrN4O. The van der Waals surface area contributed by atoms with Gasteiger partial charge in [-0.05, 0) is 58.7 Å². The van der Waals surface area contributed by atoms with Gasteiger partial charge in [-0.3, -0.25) is 0 Å². The number of carbonyl (C=O) groups is 1. The van der Waals surface area contributed by atoms with Gasteiger partial charge in [0.25, 0.3) is 0 Å². The summed E-state index contributed by atoms with van der Waals surface area (Å²) in [5.74, 6) is 0. The monoisotopic (exact) mass is 344 g/mol. The van der Waals surface area contributed by atoms with Crippen LogP contribution >= 0.6 is 15.9 Å². The molecule has 0 saturated carbocycles. The van der Waals surface area contributed by atoms with Crippen molar-refractivity contribution in [3.63, 3.8) is 0 Å². The van der Waals surface area contributed by atoms with Gasteiger partial charge in [0.15, 0.2) is 0 Å². The lowest BCUT2D eigenvalue weighted by molar-refractivity contribution is 0.262. The van der Waals surface area contributed by atoms with Crippen molar-refractivity contribution in [2.45, 2.75) is 6.92 Å². The lowest BCUT2D eigenvalue weighted by Gasteiger charge is -2.12. The number of urea groups is 1. The predicted molar refractivity (Wildman–Crippen MR) is 87.1 cm³/mol. The van der Waals surface area contributed by atoms with E-state index in [1.807, 2.05) is 19.1 Å². The third-order valence-corrected chi connectivity index (χ3v) is 3.38. The summed E-state index contributed by atoms with van der Waals surface area (Å²) in [6.45, 7) is 1.92. The lowest BCUT2D eigenvalue weighted by Crippen LogP contribution is -2.20. The van der Waals surface area contributed by atoms with Gasteiger partial charge < -0.3 is 16.4 Å². The van der Waals surface area contributed by atoms with Gasteiger partial charge in [-0.15, -0.1) is 0 Å². The zero-order chi connectivity index (χ0) is 15.4. The number of nitrogen functional groups attached to an aromatic ring is 1. The van der Waals surface area contributed by atoms with Gasteiger partial charge in [-0.25, -0.2) is 4.79 Å². The Hall–Kier alpha value is -2.52. The highest BCUT2D eigenvalue weighted by Crippen LogP contribution is 2.30. The molecule has 0 aliphatic rings. The first kappa shape index (κ1) is 14.9. The highest BCUT2D eigenvalue weighted by molar-refractivity contribution is 9.10. The first-order valence-corrected chi connectivity index (χ1v) is 6.92. The van der Waals surface area contributed by atoms with Crippen LogP contribution in [0, 0.1) is 18.3 Å². The molecule has 4 N–H and O–H groups in total. The van der Waals surface area contributed by atoms with Crippen LogP contribution in [0.3, 0.4) is 0 Å². The highest BCUT2D eigenvalue weighted by atomic mass is 79.9. The maximum atomic E-state index is 12.0. The Bertz CT molecular complexity index is 714. The molecule has 2 amide bonds. The molecule has 0 unspecified atom stereocenters. The van der Waals surface area contributed by atoms with Crippen LogP contribution in [0.15, 0.2) is 40.9 Å². The van der Waals surface area contributed by atoms with Crippen LogP contribution in [0.4, 0.5) is 21.9 Å². The standard InChI is InChI=1S/C15H13BrN4O/c1-9-5-12(16)14(13(18)6-9)20-15(21)19-11-4-2-3-10(7-11)8-17/h2-7H,18H2,1H3,(H2,19,20,21). The Balaban J connectivity index is 2.14. The minimum atomic E-state index is -0.429. The molecule has 0 heterocycles. The van der Waals surface area contributed by atoms with Gasteiger partial charge in [0.05, 0.1) is 23.0 Å². The lowest BCUT2D eigenvalue weighted by atomic mass is 10.2. The molecule has 2 rings (SSSR count). The zero-order valence-electron chi connectivity index (χ0n) is 11.3. The summed E-state index contributed by atoms with van der Waals surface area (Å²) in [5.41, 5.74) is 8.88. The van der Waals surface area contributed by atoms with Gasteiger partial charge >= 0.3 is 6.03 Å². The van der Waals surface area contributed by atoms with E-state index in [-0.39, 0.29) is 0 Å². The van der Waals surface area contributed by atoms with Gasteiger partial charge in [-0.2, -0.15) is 5.26 Å². The predicted octanol–water partition coefficient (Wildman–Crippen LogP) is 3.86. The second kappa shape index (κ2) is 6.29. The molecular weight excluding hydrogens is 332 g/mol. The normalized spacial score (nSPS) is 9.76. The number of benzene rings is 2. The van der Waals surface area contributed by atoms with E-state index in [9.17, 15) is 4.79 Å². The van der Waals surface area contributed by atoms with Crippen molar-refractivity contribution in [2.75, 3.05) is 16.4 Å². The molecule has 0 saturated heterocycles.